The van der Waals surface area contributed by atoms with E-state index in [1.807, 2.05) is 0 Å². The van der Waals surface area contributed by atoms with Gasteiger partial charge in [0.15, 0.2) is 5.17 Å². The summed E-state index contributed by atoms with van der Waals surface area (Å²) in [6.07, 6.45) is 3.00. The van der Waals surface area contributed by atoms with E-state index in [0.717, 1.165) is 16.2 Å². The van der Waals surface area contributed by atoms with Gasteiger partial charge in [-0.15, -0.1) is 11.0 Å². The molecule has 0 saturated carbocycles. The molecule has 1 saturated heterocycles. The van der Waals surface area contributed by atoms with Gasteiger partial charge in [-0.2, -0.15) is 8.42 Å². The van der Waals surface area contributed by atoms with Gasteiger partial charge in [-0.3, -0.25) is 19.8 Å². The van der Waals surface area contributed by atoms with Crippen molar-refractivity contribution in [2.24, 2.45) is 4.40 Å². The van der Waals surface area contributed by atoms with Crippen LogP contribution >= 0.6 is 27.7 Å². The predicted octanol–water partition coefficient (Wildman–Crippen LogP) is 4.20. The molecule has 1 amide bonds. The van der Waals surface area contributed by atoms with Crippen molar-refractivity contribution in [3.63, 3.8) is 0 Å². The Morgan fingerprint density at radius 3 is 2.37 bits per heavy atom. The highest BCUT2D eigenvalue weighted by Crippen LogP contribution is 2.34. The first-order valence-corrected chi connectivity index (χ1v) is 11.4. The molecule has 154 valence electrons. The largest absolute Gasteiger partial charge is 0.284 e. The van der Waals surface area contributed by atoms with Gasteiger partial charge in [0, 0.05) is 23.2 Å². The minimum Gasteiger partial charge on any atom is -0.282 e. The van der Waals surface area contributed by atoms with E-state index >= 15 is 0 Å². The highest BCUT2D eigenvalue weighted by atomic mass is 79.9. The third-order valence-corrected chi connectivity index (χ3v) is 6.84. The first-order chi connectivity index (χ1) is 14.2. The molecule has 0 aromatic heterocycles. The van der Waals surface area contributed by atoms with Crippen LogP contribution in [-0.4, -0.2) is 35.9 Å². The third kappa shape index (κ3) is 4.86. The van der Waals surface area contributed by atoms with Crippen molar-refractivity contribution in [2.75, 3.05) is 6.54 Å². The molecule has 2 aromatic carbocycles. The zero-order chi connectivity index (χ0) is 21.9. The third-order valence-electron chi connectivity index (χ3n) is 3.91. The maximum absolute atomic E-state index is 12.8. The quantitative estimate of drug-likeness (QED) is 0.250. The molecular weight excluding hydrogens is 494 g/mol. The topological polar surface area (TPSA) is 110 Å². The normalized spacial score (nSPS) is 17.0. The van der Waals surface area contributed by atoms with Crippen LogP contribution in [0.15, 0.2) is 79.9 Å². The highest BCUT2D eigenvalue weighted by molar-refractivity contribution is 9.10. The fourth-order valence-electron chi connectivity index (χ4n) is 2.47. The Labute approximate surface area is 185 Å². The second kappa shape index (κ2) is 8.94. The van der Waals surface area contributed by atoms with Crippen LogP contribution in [0.1, 0.15) is 5.56 Å². The minimum absolute atomic E-state index is 0.00222. The average molecular weight is 508 g/mol. The molecule has 8 nitrogen and oxygen atoms in total. The van der Waals surface area contributed by atoms with Gasteiger partial charge in [-0.1, -0.05) is 22.0 Å². The Bertz CT molecular complexity index is 1170. The number of hydrogen-bond donors (Lipinski definition) is 0. The second-order valence-corrected chi connectivity index (χ2v) is 9.50. The Hall–Kier alpha value is -2.76. The minimum atomic E-state index is -4.03. The number of thioether (sulfide) groups is 1. The molecule has 0 spiro atoms. The highest BCUT2D eigenvalue weighted by Gasteiger charge is 2.34. The lowest BCUT2D eigenvalue weighted by atomic mass is 10.2. The van der Waals surface area contributed by atoms with Gasteiger partial charge >= 0.3 is 0 Å². The molecular formula is C19H14BrN3O5S2. The van der Waals surface area contributed by atoms with E-state index < -0.39 is 20.9 Å². The first kappa shape index (κ1) is 21.9. The molecule has 0 bridgehead atoms. The summed E-state index contributed by atoms with van der Waals surface area (Å²) in [5, 5.41) is 10.8. The van der Waals surface area contributed by atoms with Crippen LogP contribution in [0.3, 0.4) is 0 Å². The SMILES string of the molecule is C=CCN1C(=O)/C(=C/c2ccc([N+](=O)[O-])cc2)S/C1=N/S(=O)(=O)c1ccc(Br)cc1. The van der Waals surface area contributed by atoms with Crippen molar-refractivity contribution in [2.45, 2.75) is 4.90 Å². The van der Waals surface area contributed by atoms with Gasteiger partial charge in [0.25, 0.3) is 21.6 Å². The Morgan fingerprint density at radius 1 is 1.17 bits per heavy atom. The monoisotopic (exact) mass is 507 g/mol. The second-order valence-electron chi connectivity index (χ2n) is 5.97. The van der Waals surface area contributed by atoms with Crippen molar-refractivity contribution in [1.82, 2.24) is 4.90 Å². The molecule has 1 fully saturated rings. The van der Waals surface area contributed by atoms with Gasteiger partial charge in [0.1, 0.15) is 0 Å². The van der Waals surface area contributed by atoms with E-state index in [1.165, 1.54) is 53.5 Å². The summed E-state index contributed by atoms with van der Waals surface area (Å²) >= 11 is 4.16. The molecule has 0 radical (unpaired) electrons. The molecule has 0 unspecified atom stereocenters. The Balaban J connectivity index is 1.96. The number of sulfonamides is 1. The molecule has 0 N–H and O–H groups in total. The summed E-state index contributed by atoms with van der Waals surface area (Å²) in [4.78, 5) is 24.5. The van der Waals surface area contributed by atoms with Gasteiger partial charge < -0.3 is 0 Å². The number of nitrogens with zero attached hydrogens (tertiary/aromatic N) is 3. The number of nitro groups is 1. The van der Waals surface area contributed by atoms with Crippen molar-refractivity contribution >= 4 is 60.6 Å². The predicted molar refractivity (Wildman–Crippen MR) is 119 cm³/mol. The lowest BCUT2D eigenvalue weighted by Crippen LogP contribution is -2.29. The first-order valence-electron chi connectivity index (χ1n) is 8.38. The van der Waals surface area contributed by atoms with Crippen molar-refractivity contribution in [1.29, 1.82) is 0 Å². The lowest BCUT2D eigenvalue weighted by Gasteiger charge is -2.12. The van der Waals surface area contributed by atoms with Crippen LogP contribution in [0.2, 0.25) is 0 Å². The van der Waals surface area contributed by atoms with E-state index in [-0.39, 0.29) is 27.2 Å². The van der Waals surface area contributed by atoms with Crippen molar-refractivity contribution in [3.05, 3.63) is 86.2 Å². The van der Waals surface area contributed by atoms with E-state index in [2.05, 4.69) is 26.9 Å². The molecule has 1 aliphatic heterocycles. The fraction of sp³-hybridized carbons (Fsp3) is 0.0526. The smallest absolute Gasteiger partial charge is 0.282 e. The molecule has 11 heteroatoms. The molecule has 30 heavy (non-hydrogen) atoms. The summed E-state index contributed by atoms with van der Waals surface area (Å²) < 4.78 is 29.9. The molecule has 1 heterocycles. The zero-order valence-corrected chi connectivity index (χ0v) is 18.5. The fourth-order valence-corrected chi connectivity index (χ4v) is 4.93. The molecule has 3 rings (SSSR count). The number of amides is 1. The van der Waals surface area contributed by atoms with Crippen LogP contribution in [0, 0.1) is 10.1 Å². The molecule has 0 aliphatic carbocycles. The Kier molecular flexibility index (Phi) is 6.54. The van der Waals surface area contributed by atoms with Crippen LogP contribution < -0.4 is 0 Å². The van der Waals surface area contributed by atoms with E-state index in [0.29, 0.717) is 5.56 Å². The number of amidine groups is 1. The standard InChI is InChI=1S/C19H14BrN3O5S2/c1-2-11-22-18(24)17(12-13-3-7-15(8-4-13)23(25)26)29-19(22)21-30(27,28)16-9-5-14(20)6-10-16/h2-10,12H,1,11H2/b17-12-,21-19+. The van der Waals surface area contributed by atoms with Crippen molar-refractivity contribution < 1.29 is 18.1 Å². The average Bonchev–Trinajstić information content (AvgIpc) is 2.97. The van der Waals surface area contributed by atoms with Crippen LogP contribution in [-0.2, 0) is 14.8 Å². The van der Waals surface area contributed by atoms with E-state index in [9.17, 15) is 23.3 Å². The maximum Gasteiger partial charge on any atom is 0.284 e. The van der Waals surface area contributed by atoms with Gasteiger partial charge in [-0.05, 0) is 59.8 Å². The van der Waals surface area contributed by atoms with Crippen molar-refractivity contribution in [3.8, 4) is 0 Å². The number of benzene rings is 2. The zero-order valence-electron chi connectivity index (χ0n) is 15.3. The van der Waals surface area contributed by atoms with Gasteiger partial charge in [0.2, 0.25) is 0 Å². The number of hydrogen-bond acceptors (Lipinski definition) is 6. The van der Waals surface area contributed by atoms with Crippen LogP contribution in [0.4, 0.5) is 5.69 Å². The molecule has 0 atom stereocenters. The van der Waals surface area contributed by atoms with E-state index in [4.69, 9.17) is 0 Å². The molecule has 1 aliphatic rings. The van der Waals surface area contributed by atoms with Gasteiger partial charge in [-0.25, -0.2) is 0 Å². The van der Waals surface area contributed by atoms with Crippen LogP contribution in [0.25, 0.3) is 6.08 Å². The summed E-state index contributed by atoms with van der Waals surface area (Å²) in [5.74, 6) is -0.428. The summed E-state index contributed by atoms with van der Waals surface area (Å²) in [6, 6.07) is 11.7. The Morgan fingerprint density at radius 2 is 1.80 bits per heavy atom. The van der Waals surface area contributed by atoms with Gasteiger partial charge in [0.05, 0.1) is 14.7 Å². The number of carbonyl (C=O) groups excluding carboxylic acids is 1. The lowest BCUT2D eigenvalue weighted by molar-refractivity contribution is -0.384. The number of halogens is 1. The number of rotatable bonds is 6. The maximum atomic E-state index is 12.8. The molecule has 2 aromatic rings. The van der Waals surface area contributed by atoms with E-state index in [1.54, 1.807) is 12.1 Å². The summed E-state index contributed by atoms with van der Waals surface area (Å²) in [7, 11) is -4.03. The summed E-state index contributed by atoms with van der Waals surface area (Å²) in [5.41, 5.74) is 0.491. The summed E-state index contributed by atoms with van der Waals surface area (Å²) in [6.45, 7) is 3.68. The number of carbonyl (C=O) groups is 1. The number of nitro benzene ring substituents is 1. The van der Waals surface area contributed by atoms with Crippen LogP contribution in [0.5, 0.6) is 0 Å². The number of non-ortho nitro benzene ring substituents is 1.